The quantitative estimate of drug-likeness (QED) is 0.157. The van der Waals surface area contributed by atoms with E-state index >= 15 is 0 Å². The van der Waals surface area contributed by atoms with Gasteiger partial charge in [-0.25, -0.2) is 0 Å². The molecule has 6 aliphatic rings. The molecule has 3 N–H and O–H groups in total. The van der Waals surface area contributed by atoms with E-state index in [1.165, 1.54) is 0 Å². The number of fused-ring (bicyclic) bond motifs is 6. The Morgan fingerprint density at radius 2 is 1.87 bits per heavy atom. The number of carbonyl (C=O) groups is 3. The number of aryl methyl sites for hydroxylation is 1. The second kappa shape index (κ2) is 13.4. The van der Waals surface area contributed by atoms with Crippen LogP contribution in [0.1, 0.15) is 58.6 Å². The number of methoxy groups -OCH3 is 1. The minimum atomic E-state index is -0.591. The van der Waals surface area contributed by atoms with Crippen LogP contribution >= 0.6 is 11.6 Å². The van der Waals surface area contributed by atoms with Crippen molar-refractivity contribution in [2.24, 2.45) is 22.2 Å². The zero-order valence-electron chi connectivity index (χ0n) is 30.5. The van der Waals surface area contributed by atoms with Crippen molar-refractivity contribution in [2.75, 3.05) is 43.0 Å². The number of alkyl halides is 1. The highest BCUT2D eigenvalue weighted by Crippen LogP contribution is 2.63. The molecule has 12 heteroatoms. The Morgan fingerprint density at radius 1 is 1.07 bits per heavy atom. The summed E-state index contributed by atoms with van der Waals surface area (Å²) in [6.45, 7) is 2.35. The minimum absolute atomic E-state index is 0.0180. The van der Waals surface area contributed by atoms with Crippen LogP contribution in [-0.2, 0) is 9.59 Å². The molecule has 3 atom stereocenters. The van der Waals surface area contributed by atoms with E-state index in [0.29, 0.717) is 60.3 Å². The van der Waals surface area contributed by atoms with Gasteiger partial charge in [0.05, 0.1) is 36.7 Å². The predicted octanol–water partition coefficient (Wildman–Crippen LogP) is 6.93. The average Bonchev–Trinajstić information content (AvgIpc) is 3.95. The molecule has 3 amide bonds. The number of benzene rings is 4. The third kappa shape index (κ3) is 5.83. The van der Waals surface area contributed by atoms with Crippen molar-refractivity contribution in [1.29, 1.82) is 0 Å². The van der Waals surface area contributed by atoms with Gasteiger partial charge in [-0.3, -0.25) is 19.4 Å². The van der Waals surface area contributed by atoms with Crippen LogP contribution < -0.4 is 19.7 Å². The topological polar surface area (TPSA) is 141 Å². The zero-order chi connectivity index (χ0) is 38.2. The molecule has 4 aromatic carbocycles. The van der Waals surface area contributed by atoms with E-state index in [1.54, 1.807) is 48.6 Å². The number of phenols is 1. The molecule has 3 saturated carbocycles. The number of aliphatic hydroxyl groups excluding tert-OH is 1. The maximum absolute atomic E-state index is 14.3. The van der Waals surface area contributed by atoms with Gasteiger partial charge in [0.1, 0.15) is 12.4 Å². The van der Waals surface area contributed by atoms with Gasteiger partial charge in [0.2, 0.25) is 11.8 Å². The Hall–Kier alpha value is -5.39. The molecule has 0 spiro atoms. The van der Waals surface area contributed by atoms with Crippen molar-refractivity contribution in [2.45, 2.75) is 44.6 Å². The largest absolute Gasteiger partial charge is 0.507 e. The number of halogens is 1. The molecule has 0 saturated heterocycles. The Labute approximate surface area is 323 Å². The second-order valence-corrected chi connectivity index (χ2v) is 15.9. The standard InChI is InChI=1S/C43H41ClN4O7/c1-23-4-3-5-30-35(50)13-34-40(39(23)30)27(17-44)20-48(34)42(53)32-16-43(14-26(32)15-43)22-55-37-12-33-31(11-36(37)54-2)41(52)47-19-25(10-29(47)18-45-33)24-6-8-28(9-7-24)46-38(51)21-49/h3-9,11-13,18-19,26-27,29,32,49-50H,10,14-17,20-22H2,1-2H3,(H,46,51)/t26?,27-,29+,32?,43?/m1/s1. The molecule has 2 bridgehead atoms. The molecule has 3 fully saturated rings. The fourth-order valence-corrected chi connectivity index (χ4v) is 9.86. The van der Waals surface area contributed by atoms with Gasteiger partial charge in [0.15, 0.2) is 11.5 Å². The van der Waals surface area contributed by atoms with E-state index in [0.717, 1.165) is 51.6 Å². The van der Waals surface area contributed by atoms with Crippen LogP contribution in [-0.4, -0.2) is 77.8 Å². The summed E-state index contributed by atoms with van der Waals surface area (Å²) in [4.78, 5) is 48.0. The van der Waals surface area contributed by atoms with Crippen molar-refractivity contribution in [3.63, 3.8) is 0 Å². The van der Waals surface area contributed by atoms with Gasteiger partial charge in [-0.1, -0.05) is 30.3 Å². The van der Waals surface area contributed by atoms with Crippen LogP contribution in [0.3, 0.4) is 0 Å². The Morgan fingerprint density at radius 3 is 2.62 bits per heavy atom. The van der Waals surface area contributed by atoms with Crippen molar-refractivity contribution >= 4 is 68.9 Å². The first-order valence-electron chi connectivity index (χ1n) is 18.7. The van der Waals surface area contributed by atoms with Gasteiger partial charge >= 0.3 is 0 Å². The highest BCUT2D eigenvalue weighted by atomic mass is 35.5. The van der Waals surface area contributed by atoms with Gasteiger partial charge in [-0.2, -0.15) is 0 Å². The molecule has 0 radical (unpaired) electrons. The molecule has 3 aliphatic carbocycles. The highest BCUT2D eigenvalue weighted by molar-refractivity contribution is 6.19. The molecule has 0 aromatic heterocycles. The Kier molecular flexibility index (Phi) is 8.62. The van der Waals surface area contributed by atoms with E-state index in [1.807, 2.05) is 48.4 Å². The monoisotopic (exact) mass is 760 g/mol. The Balaban J connectivity index is 0.897. The number of hydrogen-bond donors (Lipinski definition) is 3. The summed E-state index contributed by atoms with van der Waals surface area (Å²) >= 11 is 6.50. The number of rotatable bonds is 9. The third-order valence-corrected chi connectivity index (χ3v) is 12.7. The lowest BCUT2D eigenvalue weighted by molar-refractivity contribution is -0.123. The van der Waals surface area contributed by atoms with Crippen LogP contribution in [0.2, 0.25) is 0 Å². The van der Waals surface area contributed by atoms with Crippen LogP contribution in [0.25, 0.3) is 16.3 Å². The van der Waals surface area contributed by atoms with Crippen LogP contribution in [0.15, 0.2) is 71.9 Å². The molecule has 10 rings (SSSR count). The first kappa shape index (κ1) is 35.3. The molecular weight excluding hydrogens is 720 g/mol. The zero-order valence-corrected chi connectivity index (χ0v) is 31.3. The molecular formula is C43H41ClN4O7. The molecule has 55 heavy (non-hydrogen) atoms. The van der Waals surface area contributed by atoms with Gasteiger partial charge in [0, 0.05) is 71.7 Å². The van der Waals surface area contributed by atoms with E-state index in [-0.39, 0.29) is 46.8 Å². The van der Waals surface area contributed by atoms with Gasteiger partial charge in [-0.05, 0) is 78.0 Å². The number of aliphatic imine (C=N–C) groups is 1. The molecule has 4 aromatic rings. The number of aliphatic hydroxyl groups is 1. The SMILES string of the molecule is COc1cc2c(cc1OCC13CC(C1)C(C(=O)N1C[C@@H](CCl)c4c1cc(O)c1cccc(C)c41)C3)N=C[C@@H]1CC(c3ccc(NC(=O)CO)cc3)=CN1C2=O. The van der Waals surface area contributed by atoms with E-state index in [4.69, 9.17) is 31.2 Å². The van der Waals surface area contributed by atoms with Crippen LogP contribution in [0, 0.1) is 24.2 Å². The summed E-state index contributed by atoms with van der Waals surface area (Å²) in [6, 6.07) is 18.1. The fraction of sp³-hybridized carbons (Fsp3) is 0.349. The number of phenolic OH excluding ortho intramolecular Hbond substituents is 1. The van der Waals surface area contributed by atoms with E-state index in [9.17, 15) is 19.5 Å². The average molecular weight is 761 g/mol. The fourth-order valence-electron chi connectivity index (χ4n) is 9.61. The lowest BCUT2D eigenvalue weighted by Crippen LogP contribution is -2.37. The maximum atomic E-state index is 14.3. The van der Waals surface area contributed by atoms with E-state index < -0.39 is 12.5 Å². The normalized spacial score (nSPS) is 24.5. The van der Waals surface area contributed by atoms with E-state index in [2.05, 4.69) is 5.32 Å². The summed E-state index contributed by atoms with van der Waals surface area (Å²) in [7, 11) is 1.55. The summed E-state index contributed by atoms with van der Waals surface area (Å²) < 4.78 is 12.2. The summed E-state index contributed by atoms with van der Waals surface area (Å²) in [5.41, 5.74) is 6.08. The van der Waals surface area contributed by atoms with Gasteiger partial charge in [-0.15, -0.1) is 11.6 Å². The van der Waals surface area contributed by atoms with Gasteiger partial charge in [0.25, 0.3) is 5.91 Å². The van der Waals surface area contributed by atoms with Crippen molar-refractivity contribution in [3.05, 3.63) is 89.1 Å². The molecule has 282 valence electrons. The number of anilines is 2. The summed E-state index contributed by atoms with van der Waals surface area (Å²) in [5.74, 6) is 0.993. The van der Waals surface area contributed by atoms with Gasteiger partial charge < -0.3 is 34.8 Å². The molecule has 1 unspecified atom stereocenters. The van der Waals surface area contributed by atoms with Crippen molar-refractivity contribution in [3.8, 4) is 17.2 Å². The number of nitrogens with one attached hydrogen (secondary N) is 1. The molecule has 3 heterocycles. The Bertz CT molecular complexity index is 2330. The predicted molar refractivity (Wildman–Crippen MR) is 211 cm³/mol. The lowest BCUT2D eigenvalue weighted by atomic mass is 9.70. The number of aromatic hydroxyl groups is 1. The highest BCUT2D eigenvalue weighted by Gasteiger charge is 2.59. The van der Waals surface area contributed by atoms with Crippen LogP contribution in [0.4, 0.5) is 17.1 Å². The van der Waals surface area contributed by atoms with Crippen molar-refractivity contribution < 1.29 is 34.1 Å². The maximum Gasteiger partial charge on any atom is 0.260 e. The minimum Gasteiger partial charge on any atom is -0.507 e. The summed E-state index contributed by atoms with van der Waals surface area (Å²) in [6.07, 6.45) is 6.70. The van der Waals surface area contributed by atoms with Crippen molar-refractivity contribution in [1.82, 2.24) is 4.90 Å². The number of hydrogen-bond acceptors (Lipinski definition) is 8. The number of carbonyl (C=O) groups excluding carboxylic acids is 3. The first-order valence-corrected chi connectivity index (χ1v) is 19.2. The molecule has 3 aliphatic heterocycles. The second-order valence-electron chi connectivity index (χ2n) is 15.6. The smallest absolute Gasteiger partial charge is 0.260 e. The summed E-state index contributed by atoms with van der Waals surface area (Å²) in [5, 5.41) is 24.4. The first-order chi connectivity index (χ1) is 26.6. The lowest BCUT2D eigenvalue weighted by Gasteiger charge is -2.38. The number of ether oxygens (including phenoxy) is 2. The van der Waals surface area contributed by atoms with Crippen LogP contribution in [0.5, 0.6) is 17.2 Å². The third-order valence-electron chi connectivity index (χ3n) is 12.3. The number of nitrogens with zero attached hydrogens (tertiary/aromatic N) is 3. The molecule has 11 nitrogen and oxygen atoms in total. The number of amides is 3.